The van der Waals surface area contributed by atoms with Crippen LogP contribution in [-0.2, 0) is 23.2 Å². The summed E-state index contributed by atoms with van der Waals surface area (Å²) in [5.41, 5.74) is 0.493. The molecule has 18 heavy (non-hydrogen) atoms. The maximum Gasteiger partial charge on any atom is 0.242 e. The van der Waals surface area contributed by atoms with Crippen molar-refractivity contribution in [3.05, 3.63) is 32.8 Å². The molecule has 2 rings (SSSR count). The molecule has 2 aromatic heterocycles. The van der Waals surface area contributed by atoms with Crippen LogP contribution in [0.15, 0.2) is 31.6 Å². The molecule has 0 aliphatic heterocycles. The second kappa shape index (κ2) is 5.49. The summed E-state index contributed by atoms with van der Waals surface area (Å²) in [5, 5.41) is 12.6. The van der Waals surface area contributed by atoms with Crippen molar-refractivity contribution in [2.75, 3.05) is 0 Å². The maximum absolute atomic E-state index is 12.0. The molecule has 0 unspecified atom stereocenters. The van der Waals surface area contributed by atoms with Crippen LogP contribution in [0.1, 0.15) is 10.6 Å². The lowest BCUT2D eigenvalue weighted by Crippen LogP contribution is -2.23. The van der Waals surface area contributed by atoms with E-state index in [4.69, 9.17) is 5.11 Å². The third kappa shape index (κ3) is 2.98. The summed E-state index contributed by atoms with van der Waals surface area (Å²) in [5.74, 6) is 0. The Hall–Kier alpha value is -0.740. The van der Waals surface area contributed by atoms with Crippen molar-refractivity contribution in [2.45, 2.75) is 18.0 Å². The Morgan fingerprint density at radius 3 is 2.89 bits per heavy atom. The van der Waals surface area contributed by atoms with E-state index in [2.05, 4.69) is 30.3 Å². The predicted octanol–water partition coefficient (Wildman–Crippen LogP) is 1.47. The molecular formula is C9H9BrN2O4S2. The van der Waals surface area contributed by atoms with E-state index in [-0.39, 0.29) is 18.0 Å². The van der Waals surface area contributed by atoms with Gasteiger partial charge in [0.1, 0.15) is 11.2 Å². The molecule has 0 aromatic carbocycles. The van der Waals surface area contributed by atoms with Gasteiger partial charge in [-0.05, 0) is 22.0 Å². The monoisotopic (exact) mass is 352 g/mol. The van der Waals surface area contributed by atoms with Crippen LogP contribution in [0.4, 0.5) is 0 Å². The Morgan fingerprint density at radius 1 is 1.56 bits per heavy atom. The molecule has 0 saturated carbocycles. The number of nitrogens with one attached hydrogen (secondary N) is 1. The number of hydrogen-bond acceptors (Lipinski definition) is 6. The van der Waals surface area contributed by atoms with E-state index in [1.165, 1.54) is 23.7 Å². The lowest BCUT2D eigenvalue weighted by Gasteiger charge is -2.03. The molecule has 0 saturated heterocycles. The minimum absolute atomic E-state index is 0.0512. The average Bonchev–Trinajstić information content (AvgIpc) is 2.95. The molecule has 9 heteroatoms. The van der Waals surface area contributed by atoms with Gasteiger partial charge in [0.25, 0.3) is 0 Å². The molecule has 2 aromatic rings. The molecule has 0 radical (unpaired) electrons. The first-order valence-corrected chi connectivity index (χ1v) is 7.90. The highest BCUT2D eigenvalue weighted by molar-refractivity contribution is 9.11. The Bertz CT molecular complexity index is 621. The Morgan fingerprint density at radius 2 is 2.33 bits per heavy atom. The number of thiophene rings is 1. The van der Waals surface area contributed by atoms with Gasteiger partial charge in [0, 0.05) is 10.9 Å². The smallest absolute Gasteiger partial charge is 0.242 e. The quantitative estimate of drug-likeness (QED) is 0.849. The van der Waals surface area contributed by atoms with E-state index in [1.807, 2.05) is 0 Å². The summed E-state index contributed by atoms with van der Waals surface area (Å²) >= 11 is 4.34. The number of hydrogen-bond donors (Lipinski definition) is 2. The minimum Gasteiger partial charge on any atom is -0.391 e. The first kappa shape index (κ1) is 13.7. The summed E-state index contributed by atoms with van der Waals surface area (Å²) in [6.07, 6.45) is 1.37. The molecule has 6 nitrogen and oxygen atoms in total. The van der Waals surface area contributed by atoms with Crippen LogP contribution in [-0.4, -0.2) is 18.7 Å². The van der Waals surface area contributed by atoms with Gasteiger partial charge in [-0.25, -0.2) is 13.1 Å². The van der Waals surface area contributed by atoms with Crippen LogP contribution in [0.2, 0.25) is 0 Å². The van der Waals surface area contributed by atoms with E-state index in [9.17, 15) is 8.42 Å². The number of aliphatic hydroxyl groups excluding tert-OH is 1. The molecular weight excluding hydrogens is 344 g/mol. The number of halogens is 1. The maximum atomic E-state index is 12.0. The zero-order valence-corrected chi connectivity index (χ0v) is 12.2. The first-order chi connectivity index (χ1) is 8.53. The second-order valence-corrected chi connectivity index (χ2v) is 7.51. The largest absolute Gasteiger partial charge is 0.391 e. The number of nitrogens with zero attached hydrogens (tertiary/aromatic N) is 1. The predicted molar refractivity (Wildman–Crippen MR) is 68.5 cm³/mol. The second-order valence-electron chi connectivity index (χ2n) is 3.32. The van der Waals surface area contributed by atoms with Gasteiger partial charge in [-0.2, -0.15) is 0 Å². The van der Waals surface area contributed by atoms with Crippen molar-refractivity contribution in [3.8, 4) is 0 Å². The summed E-state index contributed by atoms with van der Waals surface area (Å²) < 4.78 is 31.5. The standard InChI is InChI=1S/C9H9BrN2O4S2/c10-9-8(3-7(5-13)17-9)18(14,15)11-4-6-1-2-16-12-6/h1-3,11,13H,4-5H2. The first-order valence-electron chi connectivity index (χ1n) is 4.81. The van der Waals surface area contributed by atoms with Crippen LogP contribution in [0, 0.1) is 0 Å². The van der Waals surface area contributed by atoms with Gasteiger partial charge in [-0.1, -0.05) is 5.16 Å². The van der Waals surface area contributed by atoms with Crippen molar-refractivity contribution < 1.29 is 18.0 Å². The number of aromatic nitrogens is 1. The van der Waals surface area contributed by atoms with E-state index in [0.717, 1.165) is 0 Å². The van der Waals surface area contributed by atoms with Crippen molar-refractivity contribution in [1.82, 2.24) is 9.88 Å². The number of aliphatic hydroxyl groups is 1. The van der Waals surface area contributed by atoms with Gasteiger partial charge in [0.05, 0.1) is 22.6 Å². The van der Waals surface area contributed by atoms with Crippen LogP contribution in [0.3, 0.4) is 0 Å². The Balaban J connectivity index is 2.17. The highest BCUT2D eigenvalue weighted by Gasteiger charge is 2.20. The van der Waals surface area contributed by atoms with Crippen molar-refractivity contribution >= 4 is 37.3 Å². The van der Waals surface area contributed by atoms with Gasteiger partial charge >= 0.3 is 0 Å². The molecule has 0 fully saturated rings. The fourth-order valence-corrected chi connectivity index (χ4v) is 4.77. The van der Waals surface area contributed by atoms with Crippen LogP contribution in [0.5, 0.6) is 0 Å². The fourth-order valence-electron chi connectivity index (χ4n) is 1.23. The molecule has 2 heterocycles. The summed E-state index contributed by atoms with van der Waals surface area (Å²) in [7, 11) is -3.64. The number of rotatable bonds is 5. The van der Waals surface area contributed by atoms with Crippen molar-refractivity contribution in [1.29, 1.82) is 0 Å². The molecule has 2 N–H and O–H groups in total. The molecule has 0 atom stereocenters. The van der Waals surface area contributed by atoms with Gasteiger partial charge in [0.2, 0.25) is 10.0 Å². The van der Waals surface area contributed by atoms with Gasteiger partial charge in [0.15, 0.2) is 0 Å². The lowest BCUT2D eigenvalue weighted by molar-refractivity contribution is 0.285. The van der Waals surface area contributed by atoms with Gasteiger partial charge in [-0.3, -0.25) is 0 Å². The third-order valence-electron chi connectivity index (χ3n) is 2.09. The van der Waals surface area contributed by atoms with Gasteiger partial charge < -0.3 is 9.63 Å². The third-order valence-corrected chi connectivity index (χ3v) is 5.72. The molecule has 98 valence electrons. The SMILES string of the molecule is O=S(=O)(NCc1ccon1)c1cc(CO)sc1Br. The van der Waals surface area contributed by atoms with Crippen molar-refractivity contribution in [2.24, 2.45) is 0 Å². The normalized spacial score (nSPS) is 11.9. The topological polar surface area (TPSA) is 92.4 Å². The van der Waals surface area contributed by atoms with E-state index < -0.39 is 10.0 Å². The van der Waals surface area contributed by atoms with Crippen LogP contribution < -0.4 is 4.72 Å². The van der Waals surface area contributed by atoms with Crippen molar-refractivity contribution in [3.63, 3.8) is 0 Å². The Labute approximate surface area is 116 Å². The highest BCUT2D eigenvalue weighted by atomic mass is 79.9. The van der Waals surface area contributed by atoms with Gasteiger partial charge in [-0.15, -0.1) is 11.3 Å². The molecule has 0 amide bonds. The average molecular weight is 353 g/mol. The fraction of sp³-hybridized carbons (Fsp3) is 0.222. The summed E-state index contributed by atoms with van der Waals surface area (Å²) in [6, 6.07) is 3.00. The summed E-state index contributed by atoms with van der Waals surface area (Å²) in [6.45, 7) is -0.141. The Kier molecular flexibility index (Phi) is 4.17. The molecule has 0 bridgehead atoms. The van der Waals surface area contributed by atoms with E-state index in [1.54, 1.807) is 6.07 Å². The minimum atomic E-state index is -3.64. The number of sulfonamides is 1. The molecule has 0 aliphatic carbocycles. The lowest BCUT2D eigenvalue weighted by atomic mass is 10.5. The molecule has 0 spiro atoms. The van der Waals surface area contributed by atoms with Crippen LogP contribution in [0.25, 0.3) is 0 Å². The van der Waals surface area contributed by atoms with E-state index >= 15 is 0 Å². The van der Waals surface area contributed by atoms with Crippen LogP contribution >= 0.6 is 27.3 Å². The highest BCUT2D eigenvalue weighted by Crippen LogP contribution is 2.31. The zero-order chi connectivity index (χ0) is 13.2. The van der Waals surface area contributed by atoms with E-state index in [0.29, 0.717) is 14.4 Å². The molecule has 0 aliphatic rings. The zero-order valence-electron chi connectivity index (χ0n) is 8.96. The summed E-state index contributed by atoms with van der Waals surface area (Å²) in [4.78, 5) is 0.684.